The Morgan fingerprint density at radius 2 is 1.96 bits per heavy atom. The Balaban J connectivity index is 2.39. The molecule has 0 bridgehead atoms. The maximum atomic E-state index is 14.3. The van der Waals surface area contributed by atoms with Crippen LogP contribution in [0.2, 0.25) is 0 Å². The first kappa shape index (κ1) is 16.7. The minimum Gasteiger partial charge on any atom is -0.497 e. The number of pyridine rings is 1. The van der Waals surface area contributed by atoms with E-state index in [1.807, 2.05) is 0 Å². The zero-order valence-corrected chi connectivity index (χ0v) is 13.8. The predicted molar refractivity (Wildman–Crippen MR) is 92.5 cm³/mol. The van der Waals surface area contributed by atoms with Gasteiger partial charge in [-0.1, -0.05) is 12.1 Å². The van der Waals surface area contributed by atoms with Gasteiger partial charge in [0.2, 0.25) is 5.43 Å². The number of hydrogen-bond donors (Lipinski definition) is 1. The molecule has 1 heterocycles. The van der Waals surface area contributed by atoms with Gasteiger partial charge in [0.05, 0.1) is 30.3 Å². The lowest BCUT2D eigenvalue weighted by atomic mass is 10.0. The average Bonchev–Trinajstić information content (AvgIpc) is 2.62. The first-order chi connectivity index (χ1) is 12.1. The number of H-pyrrole nitrogens is 1. The third-order valence-electron chi connectivity index (χ3n) is 3.83. The molecule has 128 valence electrons. The number of aromatic amines is 1. The standard InChI is InChI=1S/C19H16FNO4/c1-3-25-19(23)16-17(12-6-4-5-7-14(12)20)21-15-9-8-11(24-2)10-13(15)18(16)22/h4-10H,3H2,1-2H3,(H,21,22). The number of aromatic nitrogens is 1. The molecule has 0 aliphatic carbocycles. The van der Waals surface area contributed by atoms with Gasteiger partial charge in [0.1, 0.15) is 17.1 Å². The number of carbonyl (C=O) groups excluding carboxylic acids is 1. The molecule has 5 nitrogen and oxygen atoms in total. The van der Waals surface area contributed by atoms with Crippen molar-refractivity contribution in [1.29, 1.82) is 0 Å². The first-order valence-electron chi connectivity index (χ1n) is 7.72. The fourth-order valence-corrected chi connectivity index (χ4v) is 2.66. The second-order valence-corrected chi connectivity index (χ2v) is 5.32. The van der Waals surface area contributed by atoms with Crippen molar-refractivity contribution in [2.24, 2.45) is 0 Å². The maximum Gasteiger partial charge on any atom is 0.344 e. The molecule has 0 saturated carbocycles. The highest BCUT2D eigenvalue weighted by Gasteiger charge is 2.23. The van der Waals surface area contributed by atoms with Crippen molar-refractivity contribution in [3.8, 4) is 17.0 Å². The Labute approximate surface area is 143 Å². The van der Waals surface area contributed by atoms with Gasteiger partial charge in [-0.15, -0.1) is 0 Å². The maximum absolute atomic E-state index is 14.3. The highest BCUT2D eigenvalue weighted by atomic mass is 19.1. The van der Waals surface area contributed by atoms with Crippen LogP contribution in [0.4, 0.5) is 4.39 Å². The third-order valence-corrected chi connectivity index (χ3v) is 3.83. The molecule has 1 N–H and O–H groups in total. The molecule has 3 rings (SSSR count). The molecule has 0 saturated heterocycles. The summed E-state index contributed by atoms with van der Waals surface area (Å²) in [5, 5.41) is 0.266. The van der Waals surface area contributed by atoms with E-state index in [0.29, 0.717) is 11.3 Å². The molecular weight excluding hydrogens is 325 g/mol. The predicted octanol–water partition coefficient (Wildman–Crippen LogP) is 3.52. The van der Waals surface area contributed by atoms with Crippen molar-refractivity contribution in [3.05, 3.63) is 64.1 Å². The number of benzene rings is 2. The quantitative estimate of drug-likeness (QED) is 0.737. The zero-order valence-electron chi connectivity index (χ0n) is 13.8. The van der Waals surface area contributed by atoms with E-state index in [1.165, 1.54) is 31.4 Å². The summed E-state index contributed by atoms with van der Waals surface area (Å²) >= 11 is 0. The number of methoxy groups -OCH3 is 1. The van der Waals surface area contributed by atoms with E-state index in [1.54, 1.807) is 25.1 Å². The van der Waals surface area contributed by atoms with Crippen LogP contribution in [-0.4, -0.2) is 24.7 Å². The van der Waals surface area contributed by atoms with E-state index in [4.69, 9.17) is 9.47 Å². The van der Waals surface area contributed by atoms with E-state index in [9.17, 15) is 14.0 Å². The topological polar surface area (TPSA) is 68.4 Å². The summed E-state index contributed by atoms with van der Waals surface area (Å²) < 4.78 is 24.4. The van der Waals surface area contributed by atoms with Crippen molar-refractivity contribution >= 4 is 16.9 Å². The molecule has 3 aromatic rings. The normalized spacial score (nSPS) is 10.7. The number of ether oxygens (including phenoxy) is 2. The van der Waals surface area contributed by atoms with Gasteiger partial charge in [0, 0.05) is 5.56 Å². The van der Waals surface area contributed by atoms with Gasteiger partial charge in [0.15, 0.2) is 0 Å². The van der Waals surface area contributed by atoms with Crippen LogP contribution >= 0.6 is 0 Å². The second-order valence-electron chi connectivity index (χ2n) is 5.32. The number of fused-ring (bicyclic) bond motifs is 1. The Bertz CT molecular complexity index is 1010. The number of carbonyl (C=O) groups is 1. The van der Waals surface area contributed by atoms with Gasteiger partial charge < -0.3 is 14.5 Å². The largest absolute Gasteiger partial charge is 0.497 e. The second kappa shape index (κ2) is 6.76. The number of hydrogen-bond acceptors (Lipinski definition) is 4. The van der Waals surface area contributed by atoms with Crippen LogP contribution in [-0.2, 0) is 4.74 Å². The molecule has 2 aromatic carbocycles. The van der Waals surface area contributed by atoms with E-state index in [0.717, 1.165) is 0 Å². The molecule has 0 aliphatic rings. The molecule has 0 spiro atoms. The molecule has 0 fully saturated rings. The van der Waals surface area contributed by atoms with E-state index < -0.39 is 17.2 Å². The third kappa shape index (κ3) is 2.98. The number of nitrogens with one attached hydrogen (secondary N) is 1. The highest BCUT2D eigenvalue weighted by molar-refractivity contribution is 6.00. The van der Waals surface area contributed by atoms with Gasteiger partial charge >= 0.3 is 5.97 Å². The fraction of sp³-hybridized carbons (Fsp3) is 0.158. The molecule has 6 heteroatoms. The van der Waals surface area contributed by atoms with Gasteiger partial charge in [-0.25, -0.2) is 9.18 Å². The Morgan fingerprint density at radius 1 is 1.20 bits per heavy atom. The minimum absolute atomic E-state index is 0.0965. The fourth-order valence-electron chi connectivity index (χ4n) is 2.66. The lowest BCUT2D eigenvalue weighted by Gasteiger charge is -2.12. The van der Waals surface area contributed by atoms with Crippen molar-refractivity contribution in [2.75, 3.05) is 13.7 Å². The smallest absolute Gasteiger partial charge is 0.344 e. The number of esters is 1. The molecule has 0 amide bonds. The monoisotopic (exact) mass is 341 g/mol. The van der Waals surface area contributed by atoms with Gasteiger partial charge in [0.25, 0.3) is 0 Å². The van der Waals surface area contributed by atoms with Crippen molar-refractivity contribution < 1.29 is 18.7 Å². The van der Waals surface area contributed by atoms with Crippen LogP contribution in [0.5, 0.6) is 5.75 Å². The minimum atomic E-state index is -0.799. The Morgan fingerprint density at radius 3 is 2.64 bits per heavy atom. The van der Waals surface area contributed by atoms with E-state index >= 15 is 0 Å². The molecule has 25 heavy (non-hydrogen) atoms. The zero-order chi connectivity index (χ0) is 18.0. The summed E-state index contributed by atoms with van der Waals surface area (Å²) in [6, 6.07) is 10.8. The lowest BCUT2D eigenvalue weighted by Crippen LogP contribution is -2.20. The van der Waals surface area contributed by atoms with Crippen LogP contribution in [0.15, 0.2) is 47.3 Å². The molecule has 0 radical (unpaired) electrons. The van der Waals surface area contributed by atoms with Crippen molar-refractivity contribution in [2.45, 2.75) is 6.92 Å². The summed E-state index contributed by atoms with van der Waals surface area (Å²) in [6.45, 7) is 1.74. The average molecular weight is 341 g/mol. The molecular formula is C19H16FNO4. The summed E-state index contributed by atoms with van der Waals surface area (Å²) in [7, 11) is 1.48. The summed E-state index contributed by atoms with van der Waals surface area (Å²) in [5.41, 5.74) is -0.0752. The molecule has 0 unspecified atom stereocenters. The summed E-state index contributed by atoms with van der Waals surface area (Å²) in [6.07, 6.45) is 0. The number of rotatable bonds is 4. The van der Waals surface area contributed by atoms with Crippen LogP contribution in [0.3, 0.4) is 0 Å². The highest BCUT2D eigenvalue weighted by Crippen LogP contribution is 2.27. The van der Waals surface area contributed by atoms with Crippen LogP contribution in [0, 0.1) is 5.82 Å². The van der Waals surface area contributed by atoms with E-state index in [2.05, 4.69) is 4.98 Å². The summed E-state index contributed by atoms with van der Waals surface area (Å²) in [5.74, 6) is -0.866. The van der Waals surface area contributed by atoms with Gasteiger partial charge in [-0.3, -0.25) is 4.79 Å². The molecule has 0 aliphatic heterocycles. The van der Waals surface area contributed by atoms with Crippen molar-refractivity contribution in [3.63, 3.8) is 0 Å². The van der Waals surface area contributed by atoms with Crippen LogP contribution in [0.1, 0.15) is 17.3 Å². The van der Waals surface area contributed by atoms with Crippen molar-refractivity contribution in [1.82, 2.24) is 4.98 Å². The van der Waals surface area contributed by atoms with Crippen LogP contribution in [0.25, 0.3) is 22.2 Å². The SMILES string of the molecule is CCOC(=O)c1c(-c2ccccc2F)[nH]c2ccc(OC)cc2c1=O. The Hall–Kier alpha value is -3.15. The van der Waals surface area contributed by atoms with Gasteiger partial charge in [-0.05, 0) is 37.3 Å². The summed E-state index contributed by atoms with van der Waals surface area (Å²) in [4.78, 5) is 28.3. The van der Waals surface area contributed by atoms with Crippen LogP contribution < -0.4 is 10.2 Å². The molecule has 1 aromatic heterocycles. The van der Waals surface area contributed by atoms with E-state index in [-0.39, 0.29) is 28.8 Å². The first-order valence-corrected chi connectivity index (χ1v) is 7.72. The van der Waals surface area contributed by atoms with Gasteiger partial charge in [-0.2, -0.15) is 0 Å². The number of halogens is 1. The Kier molecular flexibility index (Phi) is 4.52. The molecule has 0 atom stereocenters. The lowest BCUT2D eigenvalue weighted by molar-refractivity contribution is 0.0525.